The minimum atomic E-state index is -1.46. The number of anilines is 1. The smallest absolute Gasteiger partial charge is 0.274 e. The highest BCUT2D eigenvalue weighted by Crippen LogP contribution is 2.66. The Labute approximate surface area is 181 Å². The maximum absolute atomic E-state index is 14.9. The Morgan fingerprint density at radius 2 is 2.23 bits per heavy atom. The van der Waals surface area contributed by atoms with Crippen LogP contribution < -0.4 is 11.1 Å². The second-order valence-electron chi connectivity index (χ2n) is 7.37. The topological polar surface area (TPSA) is 89.6 Å². The van der Waals surface area contributed by atoms with E-state index in [4.69, 9.17) is 22.1 Å². The van der Waals surface area contributed by atoms with Gasteiger partial charge >= 0.3 is 0 Å². The minimum Gasteiger partial charge on any atom is -0.383 e. The number of carbonyl (C=O) groups excluding carboxylic acids is 1. The summed E-state index contributed by atoms with van der Waals surface area (Å²) in [5.41, 5.74) is 5.02. The Morgan fingerprint density at radius 1 is 1.43 bits per heavy atom. The van der Waals surface area contributed by atoms with E-state index in [9.17, 15) is 13.6 Å². The third-order valence-corrected chi connectivity index (χ3v) is 6.96. The van der Waals surface area contributed by atoms with E-state index in [-0.39, 0.29) is 22.3 Å². The first-order valence-corrected chi connectivity index (χ1v) is 10.4. The molecular weight excluding hydrogens is 434 g/mol. The molecule has 1 aromatic carbocycles. The summed E-state index contributed by atoms with van der Waals surface area (Å²) < 4.78 is 34.2. The van der Waals surface area contributed by atoms with Gasteiger partial charge in [-0.1, -0.05) is 23.4 Å². The molecule has 1 aliphatic carbocycles. The van der Waals surface area contributed by atoms with Gasteiger partial charge in [-0.3, -0.25) is 4.79 Å². The molecule has 0 saturated heterocycles. The molecule has 3 N–H and O–H groups in total. The molecule has 1 aliphatic heterocycles. The molecule has 158 valence electrons. The summed E-state index contributed by atoms with van der Waals surface area (Å²) in [4.78, 5) is 20.8. The first-order valence-electron chi connectivity index (χ1n) is 9.16. The number of aromatic nitrogens is 1. The number of pyridine rings is 1. The van der Waals surface area contributed by atoms with Crippen molar-refractivity contribution in [2.24, 2.45) is 16.6 Å². The van der Waals surface area contributed by atoms with E-state index in [0.717, 1.165) is 0 Å². The molecule has 4 rings (SSSR count). The van der Waals surface area contributed by atoms with Gasteiger partial charge in [0.15, 0.2) is 5.17 Å². The van der Waals surface area contributed by atoms with Gasteiger partial charge in [0, 0.05) is 30.5 Å². The third-order valence-electron chi connectivity index (χ3n) is 5.46. The van der Waals surface area contributed by atoms with Crippen LogP contribution in [0.25, 0.3) is 0 Å². The number of rotatable bonds is 6. The summed E-state index contributed by atoms with van der Waals surface area (Å²) in [5, 5.41) is 3.25. The Hall–Kier alpha value is -2.23. The van der Waals surface area contributed by atoms with Crippen LogP contribution in [0.5, 0.6) is 0 Å². The molecule has 6 nitrogen and oxygen atoms in total. The standard InChI is InChI=1S/C20H19ClF2N4O2S/c1-29-10-19-7-16(19)20(9-22,27-18(24)30-19)13-6-12(3-4-14(13)23)26-17(28)15-5-2-11(21)8-25-15/h2-6,8,16H,7,9-10H2,1H3,(H2,24,27)(H,26,28)/t16-,19-,20-/m1/s1. The fraction of sp³-hybridized carbons (Fsp3) is 0.350. The molecular formula is C20H19ClF2N4O2S. The summed E-state index contributed by atoms with van der Waals surface area (Å²) in [6.45, 7) is -0.558. The van der Waals surface area contributed by atoms with Crippen LogP contribution >= 0.6 is 23.4 Å². The van der Waals surface area contributed by atoms with E-state index in [1.54, 1.807) is 7.11 Å². The highest BCUT2D eigenvalue weighted by atomic mass is 35.5. The van der Waals surface area contributed by atoms with Crippen LogP contribution in [-0.2, 0) is 10.3 Å². The first kappa shape index (κ1) is 21.0. The van der Waals surface area contributed by atoms with Gasteiger partial charge in [-0.25, -0.2) is 18.8 Å². The van der Waals surface area contributed by atoms with Gasteiger partial charge in [-0.2, -0.15) is 0 Å². The average molecular weight is 453 g/mol. The van der Waals surface area contributed by atoms with Gasteiger partial charge in [0.2, 0.25) is 0 Å². The average Bonchev–Trinajstić information content (AvgIpc) is 3.43. The summed E-state index contributed by atoms with van der Waals surface area (Å²) in [6, 6.07) is 7.00. The number of amidine groups is 1. The first-order chi connectivity index (χ1) is 14.3. The highest BCUT2D eigenvalue weighted by Gasteiger charge is 2.68. The van der Waals surface area contributed by atoms with Crippen LogP contribution in [0.15, 0.2) is 41.5 Å². The number of thioether (sulfide) groups is 1. The van der Waals surface area contributed by atoms with Gasteiger partial charge in [0.1, 0.15) is 23.7 Å². The Morgan fingerprint density at radius 3 is 2.90 bits per heavy atom. The number of carbonyl (C=O) groups is 1. The summed E-state index contributed by atoms with van der Waals surface area (Å²) in [5.74, 6) is -1.39. The Kier molecular flexibility index (Phi) is 5.46. The largest absolute Gasteiger partial charge is 0.383 e. The van der Waals surface area contributed by atoms with E-state index < -0.39 is 28.7 Å². The molecule has 0 spiro atoms. The molecule has 1 aromatic heterocycles. The molecule has 1 fully saturated rings. The molecule has 0 unspecified atom stereocenters. The molecule has 30 heavy (non-hydrogen) atoms. The molecule has 2 aliphatic rings. The van der Waals surface area contributed by atoms with Crippen molar-refractivity contribution in [3.05, 3.63) is 58.6 Å². The number of fused-ring (bicyclic) bond motifs is 1. The fourth-order valence-electron chi connectivity index (χ4n) is 4.03. The van der Waals surface area contributed by atoms with E-state index >= 15 is 0 Å². The number of alkyl halides is 1. The lowest BCUT2D eigenvalue weighted by molar-refractivity contribution is 0.102. The summed E-state index contributed by atoms with van der Waals surface area (Å²) in [7, 11) is 1.56. The van der Waals surface area contributed by atoms with Gasteiger partial charge in [-0.15, -0.1) is 0 Å². The molecule has 1 saturated carbocycles. The van der Waals surface area contributed by atoms with Gasteiger partial charge in [0.05, 0.1) is 16.4 Å². The van der Waals surface area contributed by atoms with Gasteiger partial charge in [-0.05, 0) is 36.8 Å². The highest BCUT2D eigenvalue weighted by molar-refractivity contribution is 8.15. The van der Waals surface area contributed by atoms with Crippen LogP contribution in [0, 0.1) is 11.7 Å². The maximum atomic E-state index is 14.9. The molecule has 10 heteroatoms. The van der Waals surface area contributed by atoms with Crippen LogP contribution in [-0.4, -0.2) is 41.2 Å². The van der Waals surface area contributed by atoms with Crippen molar-refractivity contribution in [1.82, 2.24) is 4.98 Å². The fourth-order valence-corrected chi connectivity index (χ4v) is 5.53. The van der Waals surface area contributed by atoms with Crippen LogP contribution in [0.4, 0.5) is 14.5 Å². The number of benzene rings is 1. The zero-order chi connectivity index (χ0) is 21.5. The number of halogens is 3. The Balaban J connectivity index is 1.68. The lowest BCUT2D eigenvalue weighted by Crippen LogP contribution is -2.41. The second-order valence-corrected chi connectivity index (χ2v) is 9.25. The van der Waals surface area contributed by atoms with E-state index in [1.807, 2.05) is 0 Å². The van der Waals surface area contributed by atoms with Crippen molar-refractivity contribution in [1.29, 1.82) is 0 Å². The van der Waals surface area contributed by atoms with Crippen molar-refractivity contribution in [2.75, 3.05) is 25.7 Å². The van der Waals surface area contributed by atoms with Crippen LogP contribution in [0.3, 0.4) is 0 Å². The van der Waals surface area contributed by atoms with E-state index in [2.05, 4.69) is 15.3 Å². The van der Waals surface area contributed by atoms with Crippen molar-refractivity contribution in [2.45, 2.75) is 16.7 Å². The predicted molar refractivity (Wildman–Crippen MR) is 113 cm³/mol. The van der Waals surface area contributed by atoms with E-state index in [1.165, 1.54) is 48.3 Å². The molecule has 2 heterocycles. The van der Waals surface area contributed by atoms with Crippen molar-refractivity contribution >= 4 is 40.1 Å². The lowest BCUT2D eigenvalue weighted by atomic mass is 9.84. The quantitative estimate of drug-likeness (QED) is 0.696. The van der Waals surface area contributed by atoms with Crippen molar-refractivity contribution in [3.8, 4) is 0 Å². The van der Waals surface area contributed by atoms with Crippen molar-refractivity contribution < 1.29 is 18.3 Å². The number of methoxy groups -OCH3 is 1. The van der Waals surface area contributed by atoms with Crippen molar-refractivity contribution in [3.63, 3.8) is 0 Å². The molecule has 0 bridgehead atoms. The molecule has 3 atom stereocenters. The predicted octanol–water partition coefficient (Wildman–Crippen LogP) is 3.76. The molecule has 1 amide bonds. The van der Waals surface area contributed by atoms with Gasteiger partial charge in [0.25, 0.3) is 5.91 Å². The number of hydrogen-bond acceptors (Lipinski definition) is 6. The van der Waals surface area contributed by atoms with Crippen LogP contribution in [0.2, 0.25) is 5.02 Å². The third kappa shape index (κ3) is 3.55. The molecule has 0 radical (unpaired) electrons. The SMILES string of the molecule is COC[C@]12C[C@H]1[C@@](CF)(c1cc(NC(=O)c3ccc(Cl)cn3)ccc1F)N=C(N)S2. The number of hydrogen-bond donors (Lipinski definition) is 2. The zero-order valence-electron chi connectivity index (χ0n) is 16.0. The number of amides is 1. The summed E-state index contributed by atoms with van der Waals surface area (Å²) >= 11 is 7.13. The van der Waals surface area contributed by atoms with Gasteiger partial charge < -0.3 is 15.8 Å². The number of ether oxygens (including phenoxy) is 1. The van der Waals surface area contributed by atoms with Crippen LogP contribution in [0.1, 0.15) is 22.5 Å². The number of nitrogens with two attached hydrogens (primary N) is 1. The number of aliphatic imine (C=N–C) groups is 1. The second kappa shape index (κ2) is 7.79. The lowest BCUT2D eigenvalue weighted by Gasteiger charge is -2.35. The number of nitrogens with zero attached hydrogens (tertiary/aromatic N) is 2. The van der Waals surface area contributed by atoms with E-state index in [0.29, 0.717) is 23.7 Å². The zero-order valence-corrected chi connectivity index (χ0v) is 17.6. The Bertz CT molecular complexity index is 1020. The number of nitrogens with one attached hydrogen (secondary N) is 1. The minimum absolute atomic E-state index is 0.0538. The maximum Gasteiger partial charge on any atom is 0.274 e. The molecule has 2 aromatic rings. The summed E-state index contributed by atoms with van der Waals surface area (Å²) in [6.07, 6.45) is 1.95. The normalized spacial score (nSPS) is 27.2. The monoisotopic (exact) mass is 452 g/mol.